The first-order valence-corrected chi connectivity index (χ1v) is 7.90. The van der Waals surface area contributed by atoms with Gasteiger partial charge in [-0.3, -0.25) is 0 Å². The summed E-state index contributed by atoms with van der Waals surface area (Å²) in [6, 6.07) is 0. The molecule has 120 valence electrons. The minimum atomic E-state index is -0.269. The Hall–Kier alpha value is -1.67. The molecule has 1 rings (SSSR count). The molecule has 1 unspecified atom stereocenters. The largest absolute Gasteiger partial charge is 0.330 e. The van der Waals surface area contributed by atoms with Crippen LogP contribution in [-0.2, 0) is 0 Å². The van der Waals surface area contributed by atoms with E-state index in [0.717, 1.165) is 31.3 Å². The molecular weight excluding hydrogens is 273 g/mol. The molecule has 2 heteroatoms. The van der Waals surface area contributed by atoms with Crippen LogP contribution in [0, 0.1) is 5.92 Å². The van der Waals surface area contributed by atoms with Crippen LogP contribution < -0.4 is 5.73 Å². The van der Waals surface area contributed by atoms with Crippen LogP contribution in [0.1, 0.15) is 39.5 Å². The van der Waals surface area contributed by atoms with Crippen molar-refractivity contribution in [2.45, 2.75) is 39.5 Å². The van der Waals surface area contributed by atoms with Gasteiger partial charge in [0.1, 0.15) is 5.83 Å². The van der Waals surface area contributed by atoms with E-state index in [2.05, 4.69) is 33.1 Å². The predicted octanol–water partition coefficient (Wildman–Crippen LogP) is 5.55. The zero-order chi connectivity index (χ0) is 16.5. The second-order valence-corrected chi connectivity index (χ2v) is 5.88. The second-order valence-electron chi connectivity index (χ2n) is 5.88. The van der Waals surface area contributed by atoms with Crippen LogP contribution in [0.2, 0.25) is 0 Å². The molecule has 2 N–H and O–H groups in total. The lowest BCUT2D eigenvalue weighted by Crippen LogP contribution is -2.08. The summed E-state index contributed by atoms with van der Waals surface area (Å²) in [7, 11) is 0. The van der Waals surface area contributed by atoms with E-state index in [1.54, 1.807) is 12.2 Å². The summed E-state index contributed by atoms with van der Waals surface area (Å²) in [4.78, 5) is 0. The number of hydrogen-bond donors (Lipinski definition) is 1. The van der Waals surface area contributed by atoms with Crippen molar-refractivity contribution in [3.63, 3.8) is 0 Å². The summed E-state index contributed by atoms with van der Waals surface area (Å²) >= 11 is 0. The fraction of sp³-hybridized carbons (Fsp3) is 0.400. The first-order valence-electron chi connectivity index (χ1n) is 7.90. The fourth-order valence-electron chi connectivity index (χ4n) is 2.99. The van der Waals surface area contributed by atoms with E-state index in [1.165, 1.54) is 22.8 Å². The van der Waals surface area contributed by atoms with Crippen LogP contribution in [0.25, 0.3) is 0 Å². The number of rotatable bonds is 7. The highest BCUT2D eigenvalue weighted by molar-refractivity contribution is 5.40. The second kappa shape index (κ2) is 9.37. The van der Waals surface area contributed by atoms with Gasteiger partial charge in [-0.1, -0.05) is 42.5 Å². The quantitative estimate of drug-likeness (QED) is 0.613. The molecule has 0 bridgehead atoms. The van der Waals surface area contributed by atoms with E-state index >= 15 is 0 Å². The van der Waals surface area contributed by atoms with Gasteiger partial charge >= 0.3 is 0 Å². The first-order chi connectivity index (χ1) is 10.5. The lowest BCUT2D eigenvalue weighted by molar-refractivity contribution is 0.544. The molecule has 0 aliphatic heterocycles. The molecule has 1 aliphatic rings. The molecule has 1 nitrogen and oxygen atoms in total. The molecule has 0 aromatic rings. The van der Waals surface area contributed by atoms with Crippen molar-refractivity contribution in [2.24, 2.45) is 11.7 Å². The van der Waals surface area contributed by atoms with E-state index in [1.807, 2.05) is 6.08 Å². The SMILES string of the molecule is C=C/C=C\C1=C(C)CC(C)=C(/C=C(/F)C=C)CC1CCCN. The molecule has 0 heterocycles. The Kier molecular flexibility index (Phi) is 7.83. The van der Waals surface area contributed by atoms with Crippen LogP contribution in [0.15, 0.2) is 71.7 Å². The van der Waals surface area contributed by atoms with Gasteiger partial charge in [0.2, 0.25) is 0 Å². The summed E-state index contributed by atoms with van der Waals surface area (Å²) in [5.41, 5.74) is 10.7. The van der Waals surface area contributed by atoms with Gasteiger partial charge in [-0.2, -0.15) is 0 Å². The average Bonchev–Trinajstić information content (AvgIpc) is 2.60. The summed E-state index contributed by atoms with van der Waals surface area (Å²) in [6.45, 7) is 12.2. The van der Waals surface area contributed by atoms with Crippen LogP contribution in [0.5, 0.6) is 0 Å². The maximum atomic E-state index is 13.6. The monoisotopic (exact) mass is 301 g/mol. The topological polar surface area (TPSA) is 26.0 Å². The van der Waals surface area contributed by atoms with Gasteiger partial charge in [0.15, 0.2) is 0 Å². The van der Waals surface area contributed by atoms with Crippen molar-refractivity contribution in [3.8, 4) is 0 Å². The molecule has 0 aromatic heterocycles. The van der Waals surface area contributed by atoms with Gasteiger partial charge in [0, 0.05) is 0 Å². The van der Waals surface area contributed by atoms with Gasteiger partial charge in [-0.05, 0) is 75.3 Å². The first kappa shape index (κ1) is 18.4. The van der Waals surface area contributed by atoms with E-state index < -0.39 is 0 Å². The van der Waals surface area contributed by atoms with E-state index in [9.17, 15) is 4.39 Å². The van der Waals surface area contributed by atoms with E-state index in [-0.39, 0.29) is 5.83 Å². The maximum absolute atomic E-state index is 13.6. The maximum Gasteiger partial charge on any atom is 0.122 e. The number of halogens is 1. The Morgan fingerprint density at radius 2 is 2.05 bits per heavy atom. The molecule has 0 spiro atoms. The highest BCUT2D eigenvalue weighted by atomic mass is 19.1. The van der Waals surface area contributed by atoms with Crippen LogP contribution in [0.4, 0.5) is 4.39 Å². The highest BCUT2D eigenvalue weighted by Gasteiger charge is 2.21. The molecule has 0 aromatic carbocycles. The summed E-state index contributed by atoms with van der Waals surface area (Å²) in [5.74, 6) is 0.107. The van der Waals surface area contributed by atoms with Gasteiger partial charge in [-0.25, -0.2) is 4.39 Å². The van der Waals surface area contributed by atoms with Crippen molar-refractivity contribution >= 4 is 0 Å². The Balaban J connectivity index is 3.18. The molecule has 0 saturated carbocycles. The molecule has 0 radical (unpaired) electrons. The highest BCUT2D eigenvalue weighted by Crippen LogP contribution is 2.36. The Labute approximate surface area is 134 Å². The number of hydrogen-bond acceptors (Lipinski definition) is 1. The third-order valence-corrected chi connectivity index (χ3v) is 4.15. The van der Waals surface area contributed by atoms with Gasteiger partial charge in [0.25, 0.3) is 0 Å². The summed E-state index contributed by atoms with van der Waals surface area (Å²) in [6.07, 6.45) is 12.5. The lowest BCUT2D eigenvalue weighted by atomic mass is 9.86. The molecule has 0 fully saturated rings. The van der Waals surface area contributed by atoms with Crippen LogP contribution in [0.3, 0.4) is 0 Å². The van der Waals surface area contributed by atoms with Crippen LogP contribution in [-0.4, -0.2) is 6.54 Å². The van der Waals surface area contributed by atoms with Gasteiger partial charge in [0.05, 0.1) is 0 Å². The summed E-state index contributed by atoms with van der Waals surface area (Å²) < 4.78 is 13.6. The van der Waals surface area contributed by atoms with Gasteiger partial charge in [-0.15, -0.1) is 0 Å². The average molecular weight is 301 g/mol. The molecule has 0 saturated heterocycles. The predicted molar refractivity (Wildman–Crippen MR) is 95.1 cm³/mol. The number of allylic oxidation sites excluding steroid dienone is 10. The smallest absolute Gasteiger partial charge is 0.122 e. The minimum Gasteiger partial charge on any atom is -0.330 e. The Morgan fingerprint density at radius 3 is 2.64 bits per heavy atom. The zero-order valence-electron chi connectivity index (χ0n) is 13.9. The zero-order valence-corrected chi connectivity index (χ0v) is 13.9. The third kappa shape index (κ3) is 5.27. The molecule has 1 atom stereocenters. The van der Waals surface area contributed by atoms with Crippen molar-refractivity contribution in [1.29, 1.82) is 0 Å². The Bertz CT molecular complexity index is 532. The van der Waals surface area contributed by atoms with Crippen molar-refractivity contribution in [2.75, 3.05) is 6.54 Å². The van der Waals surface area contributed by atoms with Crippen LogP contribution >= 0.6 is 0 Å². The Morgan fingerprint density at radius 1 is 1.32 bits per heavy atom. The lowest BCUT2D eigenvalue weighted by Gasteiger charge is -2.19. The van der Waals surface area contributed by atoms with Gasteiger partial charge < -0.3 is 5.73 Å². The standard InChI is InChI=1S/C20H28FN/c1-5-7-10-20-16(4)12-15(3)18(14-19(21)6-2)13-17(20)9-8-11-22/h5-7,10,14,17H,1-2,8-9,11-13,22H2,3-4H3/b10-7-,19-14+. The molecule has 0 amide bonds. The molecule has 22 heavy (non-hydrogen) atoms. The van der Waals surface area contributed by atoms with E-state index in [4.69, 9.17) is 5.73 Å². The van der Waals surface area contributed by atoms with Crippen molar-refractivity contribution in [3.05, 3.63) is 71.7 Å². The van der Waals surface area contributed by atoms with E-state index in [0.29, 0.717) is 12.5 Å². The van der Waals surface area contributed by atoms with Crippen molar-refractivity contribution < 1.29 is 4.39 Å². The minimum absolute atomic E-state index is 0.269. The summed E-state index contributed by atoms with van der Waals surface area (Å²) in [5, 5.41) is 0. The normalized spacial score (nSPS) is 20.5. The third-order valence-electron chi connectivity index (χ3n) is 4.15. The fourth-order valence-corrected chi connectivity index (χ4v) is 2.99. The molecule has 1 aliphatic carbocycles. The van der Waals surface area contributed by atoms with Crippen molar-refractivity contribution in [1.82, 2.24) is 0 Å². The molecular formula is C20H28FN. The number of nitrogens with two attached hydrogens (primary N) is 1.